The SMILES string of the molecule is C[C@@H]1CN(c2ccc(C#N)n3nccc23)C[C@@H]2CN(CCc3ccc(Br)cc3)CCN21. The Morgan fingerprint density at radius 2 is 1.90 bits per heavy atom. The molecule has 0 unspecified atom stereocenters. The van der Waals surface area contributed by atoms with Crippen molar-refractivity contribution >= 4 is 27.1 Å². The first-order valence-electron chi connectivity index (χ1n) is 11.0. The van der Waals surface area contributed by atoms with Crippen LogP contribution < -0.4 is 4.90 Å². The van der Waals surface area contributed by atoms with Gasteiger partial charge in [-0.3, -0.25) is 4.90 Å². The van der Waals surface area contributed by atoms with Crippen LogP contribution in [0.25, 0.3) is 5.52 Å². The molecule has 2 aromatic heterocycles. The number of fused-ring (bicyclic) bond motifs is 2. The number of hydrogen-bond acceptors (Lipinski definition) is 5. The van der Waals surface area contributed by atoms with Gasteiger partial charge in [-0.15, -0.1) is 0 Å². The average molecular weight is 479 g/mol. The third-order valence-electron chi connectivity index (χ3n) is 6.71. The minimum absolute atomic E-state index is 0.506. The largest absolute Gasteiger partial charge is 0.367 e. The molecule has 3 aromatic rings. The lowest BCUT2D eigenvalue weighted by molar-refractivity contribution is 0.0356. The molecule has 0 saturated carbocycles. The van der Waals surface area contributed by atoms with E-state index in [2.05, 4.69) is 79.1 Å². The van der Waals surface area contributed by atoms with E-state index >= 15 is 0 Å². The van der Waals surface area contributed by atoms with Crippen molar-refractivity contribution in [2.45, 2.75) is 25.4 Å². The number of nitriles is 1. The highest BCUT2D eigenvalue weighted by atomic mass is 79.9. The number of hydrogen-bond donors (Lipinski definition) is 0. The summed E-state index contributed by atoms with van der Waals surface area (Å²) in [6.07, 6.45) is 2.87. The molecule has 0 aliphatic carbocycles. The third kappa shape index (κ3) is 4.08. The van der Waals surface area contributed by atoms with E-state index in [1.54, 1.807) is 10.7 Å². The quantitative estimate of drug-likeness (QED) is 0.574. The van der Waals surface area contributed by atoms with E-state index in [4.69, 9.17) is 0 Å². The Labute approximate surface area is 191 Å². The van der Waals surface area contributed by atoms with Crippen LogP contribution in [0.4, 0.5) is 5.69 Å². The molecule has 0 amide bonds. The number of aromatic nitrogens is 2. The number of benzene rings is 1. The van der Waals surface area contributed by atoms with Crippen LogP contribution in [0.3, 0.4) is 0 Å². The van der Waals surface area contributed by atoms with Crippen molar-refractivity contribution < 1.29 is 0 Å². The molecule has 0 N–H and O–H groups in total. The molecule has 2 aliphatic heterocycles. The van der Waals surface area contributed by atoms with Crippen LogP contribution in [0.15, 0.2) is 53.1 Å². The van der Waals surface area contributed by atoms with Crippen LogP contribution in [-0.4, -0.2) is 70.8 Å². The maximum atomic E-state index is 9.39. The van der Waals surface area contributed by atoms with E-state index in [0.29, 0.717) is 17.8 Å². The first-order chi connectivity index (χ1) is 15.1. The van der Waals surface area contributed by atoms with Gasteiger partial charge in [-0.05, 0) is 49.2 Å². The lowest BCUT2D eigenvalue weighted by Crippen LogP contribution is -2.65. The summed E-state index contributed by atoms with van der Waals surface area (Å²) in [7, 11) is 0. The number of rotatable bonds is 4. The van der Waals surface area contributed by atoms with Gasteiger partial charge in [-0.2, -0.15) is 10.4 Å². The van der Waals surface area contributed by atoms with Gasteiger partial charge in [0.1, 0.15) is 11.8 Å². The molecule has 0 bridgehead atoms. The summed E-state index contributed by atoms with van der Waals surface area (Å²) < 4.78 is 2.90. The molecular formula is C24H27BrN6. The van der Waals surface area contributed by atoms with Crippen molar-refractivity contribution in [1.29, 1.82) is 5.26 Å². The second-order valence-electron chi connectivity index (χ2n) is 8.67. The molecule has 160 valence electrons. The Morgan fingerprint density at radius 3 is 2.71 bits per heavy atom. The van der Waals surface area contributed by atoms with Crippen molar-refractivity contribution in [1.82, 2.24) is 19.4 Å². The van der Waals surface area contributed by atoms with Gasteiger partial charge in [0, 0.05) is 55.8 Å². The number of nitrogens with zero attached hydrogens (tertiary/aromatic N) is 6. The minimum Gasteiger partial charge on any atom is -0.367 e. The maximum absolute atomic E-state index is 9.39. The fourth-order valence-electron chi connectivity index (χ4n) is 5.12. The molecule has 2 atom stereocenters. The van der Waals surface area contributed by atoms with Crippen LogP contribution in [0, 0.1) is 11.3 Å². The summed E-state index contributed by atoms with van der Waals surface area (Å²) in [5.74, 6) is 0. The van der Waals surface area contributed by atoms with Crippen molar-refractivity contribution in [3.8, 4) is 6.07 Å². The van der Waals surface area contributed by atoms with Crippen LogP contribution >= 0.6 is 15.9 Å². The van der Waals surface area contributed by atoms with Crippen molar-refractivity contribution in [3.63, 3.8) is 0 Å². The minimum atomic E-state index is 0.506. The normalized spacial score (nSPS) is 22.4. The van der Waals surface area contributed by atoms with E-state index in [-0.39, 0.29) is 0 Å². The molecule has 1 aromatic carbocycles. The Bertz CT molecular complexity index is 1100. The highest BCUT2D eigenvalue weighted by Crippen LogP contribution is 2.29. The Morgan fingerprint density at radius 1 is 1.06 bits per heavy atom. The Hall–Kier alpha value is -2.40. The molecule has 5 rings (SSSR count). The average Bonchev–Trinajstić information content (AvgIpc) is 3.28. The van der Waals surface area contributed by atoms with Gasteiger partial charge in [-0.1, -0.05) is 28.1 Å². The summed E-state index contributed by atoms with van der Waals surface area (Å²) >= 11 is 3.52. The van der Waals surface area contributed by atoms with Gasteiger partial charge in [0.05, 0.1) is 17.4 Å². The van der Waals surface area contributed by atoms with E-state index < -0.39 is 0 Å². The zero-order valence-electron chi connectivity index (χ0n) is 17.8. The molecule has 2 saturated heterocycles. The summed E-state index contributed by atoms with van der Waals surface area (Å²) in [4.78, 5) is 7.79. The smallest absolute Gasteiger partial charge is 0.142 e. The lowest BCUT2D eigenvalue weighted by atomic mass is 10.0. The van der Waals surface area contributed by atoms with Crippen molar-refractivity contribution in [2.24, 2.45) is 0 Å². The van der Waals surface area contributed by atoms with Crippen LogP contribution in [0.2, 0.25) is 0 Å². The summed E-state index contributed by atoms with van der Waals surface area (Å²) in [6.45, 7) is 8.83. The van der Waals surface area contributed by atoms with Crippen LogP contribution in [0.1, 0.15) is 18.2 Å². The molecule has 2 fully saturated rings. The zero-order chi connectivity index (χ0) is 21.4. The predicted octanol–water partition coefficient (Wildman–Crippen LogP) is 3.41. The fourth-order valence-corrected chi connectivity index (χ4v) is 5.39. The second-order valence-corrected chi connectivity index (χ2v) is 9.58. The van der Waals surface area contributed by atoms with Crippen LogP contribution in [0.5, 0.6) is 0 Å². The standard InChI is InChI=1S/C24H27BrN6/c1-18-15-29(23-7-6-21(14-26)31-24(23)8-10-27-31)17-22-16-28(12-13-30(18)22)11-9-19-2-4-20(25)5-3-19/h2-8,10,18,22H,9,11-13,15-17H2,1H3/t18-,22+/m1/s1. The molecule has 4 heterocycles. The maximum Gasteiger partial charge on any atom is 0.142 e. The van der Waals surface area contributed by atoms with Gasteiger partial charge in [0.2, 0.25) is 0 Å². The van der Waals surface area contributed by atoms with Gasteiger partial charge in [0.25, 0.3) is 0 Å². The lowest BCUT2D eigenvalue weighted by Gasteiger charge is -2.51. The van der Waals surface area contributed by atoms with E-state index in [0.717, 1.165) is 55.7 Å². The van der Waals surface area contributed by atoms with Crippen molar-refractivity contribution in [3.05, 3.63) is 64.4 Å². The summed E-state index contributed by atoms with van der Waals surface area (Å²) in [5.41, 5.74) is 4.16. The Kier molecular flexibility index (Phi) is 5.70. The predicted molar refractivity (Wildman–Crippen MR) is 126 cm³/mol. The number of halogens is 1. The molecule has 7 heteroatoms. The van der Waals surface area contributed by atoms with Gasteiger partial charge in [0.15, 0.2) is 0 Å². The van der Waals surface area contributed by atoms with Crippen molar-refractivity contribution in [2.75, 3.05) is 44.2 Å². The van der Waals surface area contributed by atoms with Gasteiger partial charge in [-0.25, -0.2) is 4.52 Å². The first-order valence-corrected chi connectivity index (χ1v) is 11.8. The molecular weight excluding hydrogens is 452 g/mol. The third-order valence-corrected chi connectivity index (χ3v) is 7.24. The van der Waals surface area contributed by atoms with Gasteiger partial charge >= 0.3 is 0 Å². The summed E-state index contributed by atoms with van der Waals surface area (Å²) in [5, 5.41) is 13.8. The number of piperazine rings is 2. The Balaban J connectivity index is 1.30. The van der Waals surface area contributed by atoms with E-state index in [9.17, 15) is 5.26 Å². The zero-order valence-corrected chi connectivity index (χ0v) is 19.4. The fraction of sp³-hybridized carbons (Fsp3) is 0.417. The molecule has 31 heavy (non-hydrogen) atoms. The van der Waals surface area contributed by atoms with Gasteiger partial charge < -0.3 is 9.80 Å². The highest BCUT2D eigenvalue weighted by molar-refractivity contribution is 9.10. The molecule has 0 radical (unpaired) electrons. The second kappa shape index (κ2) is 8.62. The summed E-state index contributed by atoms with van der Waals surface area (Å²) in [6, 6.07) is 17.9. The van der Waals surface area contributed by atoms with Crippen LogP contribution in [-0.2, 0) is 6.42 Å². The molecule has 6 nitrogen and oxygen atoms in total. The molecule has 0 spiro atoms. The van der Waals surface area contributed by atoms with E-state index in [1.165, 1.54) is 11.3 Å². The first kappa shape index (κ1) is 20.5. The number of anilines is 1. The highest BCUT2D eigenvalue weighted by Gasteiger charge is 2.36. The topological polar surface area (TPSA) is 50.8 Å². The molecule has 2 aliphatic rings. The monoisotopic (exact) mass is 478 g/mol. The van der Waals surface area contributed by atoms with E-state index in [1.807, 2.05) is 12.1 Å². The number of pyridine rings is 1.